The van der Waals surface area contributed by atoms with E-state index in [4.69, 9.17) is 0 Å². The largest absolute Gasteiger partial charge is 0.508 e. The number of rotatable bonds is 2. The van der Waals surface area contributed by atoms with Gasteiger partial charge in [-0.2, -0.15) is 0 Å². The van der Waals surface area contributed by atoms with Crippen molar-refractivity contribution in [3.63, 3.8) is 0 Å². The molecule has 17 heavy (non-hydrogen) atoms. The maximum absolute atomic E-state index is 9.38. The van der Waals surface area contributed by atoms with Crippen LogP contribution in [0.4, 0.5) is 0 Å². The molecule has 1 nitrogen and oxygen atoms in total. The van der Waals surface area contributed by atoms with E-state index < -0.39 is 0 Å². The van der Waals surface area contributed by atoms with E-state index in [1.807, 2.05) is 24.3 Å². The first-order chi connectivity index (χ1) is 8.31. The molecule has 0 atom stereocenters. The van der Waals surface area contributed by atoms with Crippen LogP contribution in [0.1, 0.15) is 30.4 Å². The number of aromatic hydroxyl groups is 1. The van der Waals surface area contributed by atoms with Crippen LogP contribution in [-0.4, -0.2) is 5.11 Å². The summed E-state index contributed by atoms with van der Waals surface area (Å²) in [6.07, 6.45) is 3.67. The molecular weight excluding hydrogens is 208 g/mol. The Labute approximate surface area is 102 Å². The molecule has 1 aliphatic rings. The van der Waals surface area contributed by atoms with Gasteiger partial charge in [0.25, 0.3) is 0 Å². The van der Waals surface area contributed by atoms with Crippen molar-refractivity contribution >= 4 is 0 Å². The lowest BCUT2D eigenvalue weighted by Gasteiger charge is -2.43. The van der Waals surface area contributed by atoms with E-state index in [1.54, 1.807) is 12.1 Å². The monoisotopic (exact) mass is 223 g/mol. The van der Waals surface area contributed by atoms with E-state index in [0.717, 1.165) is 0 Å². The molecule has 85 valence electrons. The molecule has 1 heteroatoms. The summed E-state index contributed by atoms with van der Waals surface area (Å²) < 4.78 is 0. The minimum absolute atomic E-state index is 0.169. The SMILES string of the molecule is Oc1ccc(C2(c3cc[c]cc3)CCC2)cc1. The van der Waals surface area contributed by atoms with Gasteiger partial charge in [0.1, 0.15) is 5.75 Å². The first-order valence-electron chi connectivity index (χ1n) is 6.07. The van der Waals surface area contributed by atoms with Gasteiger partial charge in [0, 0.05) is 5.41 Å². The Morgan fingerprint density at radius 1 is 0.882 bits per heavy atom. The highest BCUT2D eigenvalue weighted by Crippen LogP contribution is 2.48. The van der Waals surface area contributed by atoms with Crippen molar-refractivity contribution in [1.82, 2.24) is 0 Å². The van der Waals surface area contributed by atoms with Gasteiger partial charge in [0.2, 0.25) is 0 Å². The van der Waals surface area contributed by atoms with E-state index in [2.05, 4.69) is 18.2 Å². The lowest BCUT2D eigenvalue weighted by Crippen LogP contribution is -2.35. The van der Waals surface area contributed by atoms with E-state index in [1.165, 1.54) is 30.4 Å². The van der Waals surface area contributed by atoms with Crippen molar-refractivity contribution in [2.45, 2.75) is 24.7 Å². The highest BCUT2D eigenvalue weighted by atomic mass is 16.3. The van der Waals surface area contributed by atoms with Crippen LogP contribution in [-0.2, 0) is 5.41 Å². The van der Waals surface area contributed by atoms with Crippen LogP contribution in [0.2, 0.25) is 0 Å². The predicted octanol–water partition coefficient (Wildman–Crippen LogP) is 3.66. The van der Waals surface area contributed by atoms with Crippen molar-refractivity contribution in [2.75, 3.05) is 0 Å². The second-order valence-electron chi connectivity index (χ2n) is 4.77. The average molecular weight is 223 g/mol. The first-order valence-corrected chi connectivity index (χ1v) is 6.07. The van der Waals surface area contributed by atoms with Gasteiger partial charge in [-0.25, -0.2) is 0 Å². The maximum Gasteiger partial charge on any atom is 0.115 e. The molecule has 1 radical (unpaired) electrons. The molecule has 1 aliphatic carbocycles. The second kappa shape index (κ2) is 3.92. The Morgan fingerprint density at radius 2 is 1.47 bits per heavy atom. The van der Waals surface area contributed by atoms with Crippen LogP contribution in [0.5, 0.6) is 5.75 Å². The predicted molar refractivity (Wildman–Crippen MR) is 68.0 cm³/mol. The van der Waals surface area contributed by atoms with Crippen LogP contribution in [0.15, 0.2) is 48.5 Å². The molecule has 0 spiro atoms. The Morgan fingerprint density at radius 3 is 2.00 bits per heavy atom. The molecule has 0 amide bonds. The zero-order chi connectivity index (χ0) is 11.7. The Bertz CT molecular complexity index is 495. The third-order valence-electron chi connectivity index (χ3n) is 3.90. The summed E-state index contributed by atoms with van der Waals surface area (Å²) in [6, 6.07) is 19.0. The highest BCUT2D eigenvalue weighted by Gasteiger charge is 2.39. The summed E-state index contributed by atoms with van der Waals surface area (Å²) in [7, 11) is 0. The summed E-state index contributed by atoms with van der Waals surface area (Å²) in [5.74, 6) is 0.338. The topological polar surface area (TPSA) is 20.2 Å². The molecule has 3 rings (SSSR count). The minimum Gasteiger partial charge on any atom is -0.508 e. The normalized spacial score (nSPS) is 17.4. The summed E-state index contributed by atoms with van der Waals surface area (Å²) in [5.41, 5.74) is 2.85. The van der Waals surface area contributed by atoms with Crippen LogP contribution in [0, 0.1) is 6.07 Å². The molecular formula is C16H15O. The summed E-state index contributed by atoms with van der Waals surface area (Å²) in [5, 5.41) is 9.38. The fourth-order valence-electron chi connectivity index (χ4n) is 2.76. The van der Waals surface area contributed by atoms with Crippen molar-refractivity contribution in [2.24, 2.45) is 0 Å². The van der Waals surface area contributed by atoms with Crippen molar-refractivity contribution in [3.05, 3.63) is 65.7 Å². The molecule has 0 aromatic heterocycles. The summed E-state index contributed by atoms with van der Waals surface area (Å²) >= 11 is 0. The standard InChI is InChI=1S/C16H15O/c17-15-9-7-14(8-10-15)16(11-4-12-16)13-5-2-1-3-6-13/h2-3,5-10,17H,4,11-12H2. The third kappa shape index (κ3) is 1.62. The van der Waals surface area contributed by atoms with Crippen LogP contribution in [0.3, 0.4) is 0 Å². The molecule has 1 saturated carbocycles. The molecule has 0 bridgehead atoms. The lowest BCUT2D eigenvalue weighted by molar-refractivity contribution is 0.301. The molecule has 1 fully saturated rings. The first kappa shape index (κ1) is 10.4. The average Bonchev–Trinajstić information content (AvgIpc) is 2.32. The quantitative estimate of drug-likeness (QED) is 0.823. The summed E-state index contributed by atoms with van der Waals surface area (Å²) in [6.45, 7) is 0. The molecule has 0 saturated heterocycles. The minimum atomic E-state index is 0.169. The van der Waals surface area contributed by atoms with Gasteiger partial charge >= 0.3 is 0 Å². The van der Waals surface area contributed by atoms with Crippen LogP contribution >= 0.6 is 0 Å². The molecule has 2 aromatic rings. The van der Waals surface area contributed by atoms with Gasteiger partial charge in [0.05, 0.1) is 0 Å². The molecule has 2 aromatic carbocycles. The number of hydrogen-bond donors (Lipinski definition) is 1. The van der Waals surface area contributed by atoms with Gasteiger partial charge in [-0.3, -0.25) is 0 Å². The maximum atomic E-state index is 9.38. The molecule has 0 unspecified atom stereocenters. The number of phenols is 1. The Kier molecular flexibility index (Phi) is 2.40. The van der Waals surface area contributed by atoms with Gasteiger partial charge in [-0.05, 0) is 42.2 Å². The number of phenolic OH excluding ortho intramolecular Hbond substituents is 1. The van der Waals surface area contributed by atoms with Crippen molar-refractivity contribution in [1.29, 1.82) is 0 Å². The summed E-state index contributed by atoms with van der Waals surface area (Å²) in [4.78, 5) is 0. The fraction of sp³-hybridized carbons (Fsp3) is 0.250. The van der Waals surface area contributed by atoms with Crippen LogP contribution in [0.25, 0.3) is 0 Å². The van der Waals surface area contributed by atoms with Gasteiger partial charge in [0.15, 0.2) is 0 Å². The van der Waals surface area contributed by atoms with Gasteiger partial charge in [-0.1, -0.05) is 42.8 Å². The zero-order valence-electron chi connectivity index (χ0n) is 9.69. The van der Waals surface area contributed by atoms with Crippen molar-refractivity contribution in [3.8, 4) is 5.75 Å². The van der Waals surface area contributed by atoms with E-state index in [9.17, 15) is 5.11 Å². The third-order valence-corrected chi connectivity index (χ3v) is 3.90. The van der Waals surface area contributed by atoms with Crippen molar-refractivity contribution < 1.29 is 5.11 Å². The van der Waals surface area contributed by atoms with E-state index in [0.29, 0.717) is 5.75 Å². The Balaban J connectivity index is 2.06. The highest BCUT2D eigenvalue weighted by molar-refractivity contribution is 5.43. The number of hydrogen-bond acceptors (Lipinski definition) is 1. The van der Waals surface area contributed by atoms with Crippen LogP contribution < -0.4 is 0 Å². The molecule has 0 heterocycles. The Hall–Kier alpha value is -1.76. The van der Waals surface area contributed by atoms with E-state index >= 15 is 0 Å². The second-order valence-corrected chi connectivity index (χ2v) is 4.77. The van der Waals surface area contributed by atoms with Gasteiger partial charge in [-0.15, -0.1) is 0 Å². The molecule has 1 N–H and O–H groups in total. The number of benzene rings is 2. The smallest absolute Gasteiger partial charge is 0.115 e. The fourth-order valence-corrected chi connectivity index (χ4v) is 2.76. The zero-order valence-corrected chi connectivity index (χ0v) is 9.69. The van der Waals surface area contributed by atoms with E-state index in [-0.39, 0.29) is 5.41 Å². The molecule has 0 aliphatic heterocycles. The van der Waals surface area contributed by atoms with Gasteiger partial charge < -0.3 is 5.11 Å². The lowest BCUT2D eigenvalue weighted by atomic mass is 9.60.